The topological polar surface area (TPSA) is 43.7 Å². The van der Waals surface area contributed by atoms with Crippen LogP contribution in [0, 0.1) is 30.1 Å². The molecule has 1 aromatic rings. The van der Waals surface area contributed by atoms with Gasteiger partial charge in [-0.25, -0.2) is 0 Å². The Bertz CT molecular complexity index is 670. The molecule has 3 aliphatic carbocycles. The second kappa shape index (κ2) is 5.99. The molecule has 2 fully saturated rings. The van der Waals surface area contributed by atoms with Crippen LogP contribution in [0.1, 0.15) is 55.2 Å². The molecule has 6 unspecified atom stereocenters. The Labute approximate surface area is 152 Å². The highest BCUT2D eigenvalue weighted by molar-refractivity contribution is 5.49. The van der Waals surface area contributed by atoms with Gasteiger partial charge in [-0.1, -0.05) is 13.0 Å². The quantitative estimate of drug-likeness (QED) is 0.860. The zero-order valence-corrected chi connectivity index (χ0v) is 16.1. The van der Waals surface area contributed by atoms with E-state index in [4.69, 9.17) is 0 Å². The molecule has 0 aliphatic heterocycles. The van der Waals surface area contributed by atoms with Crippen molar-refractivity contribution in [3.8, 4) is 5.75 Å². The second-order valence-electron chi connectivity index (χ2n) is 9.44. The molecule has 0 radical (unpaired) electrons. The summed E-state index contributed by atoms with van der Waals surface area (Å²) in [4.78, 5) is 2.31. The van der Waals surface area contributed by atoms with Gasteiger partial charge in [-0.3, -0.25) is 0 Å². The number of nitrogens with zero attached hydrogens (tertiary/aromatic N) is 1. The van der Waals surface area contributed by atoms with Crippen LogP contribution < -0.4 is 0 Å². The second-order valence-corrected chi connectivity index (χ2v) is 9.44. The van der Waals surface area contributed by atoms with Gasteiger partial charge in [0.15, 0.2) is 0 Å². The lowest BCUT2D eigenvalue weighted by atomic mass is 9.52. The molecular weight excluding hydrogens is 310 g/mol. The summed E-state index contributed by atoms with van der Waals surface area (Å²) in [7, 11) is 4.34. The highest BCUT2D eigenvalue weighted by atomic mass is 16.3. The number of aryl methyl sites for hydroxylation is 1. The summed E-state index contributed by atoms with van der Waals surface area (Å²) in [5.41, 5.74) is 3.87. The molecule has 0 heterocycles. The van der Waals surface area contributed by atoms with Gasteiger partial charge < -0.3 is 15.1 Å². The van der Waals surface area contributed by atoms with Crippen LogP contribution in [0.15, 0.2) is 12.1 Å². The van der Waals surface area contributed by atoms with E-state index < -0.39 is 0 Å². The van der Waals surface area contributed by atoms with E-state index in [1.165, 1.54) is 24.0 Å². The maximum Gasteiger partial charge on any atom is 0.119 e. The molecule has 6 atom stereocenters. The van der Waals surface area contributed by atoms with Gasteiger partial charge in [-0.05, 0) is 99.0 Å². The molecule has 3 aliphatic rings. The summed E-state index contributed by atoms with van der Waals surface area (Å²) in [6, 6.07) is 3.86. The molecule has 0 saturated heterocycles. The van der Waals surface area contributed by atoms with Crippen molar-refractivity contribution < 1.29 is 10.2 Å². The fourth-order valence-corrected chi connectivity index (χ4v) is 6.81. The van der Waals surface area contributed by atoms with Gasteiger partial charge in [-0.15, -0.1) is 0 Å². The van der Waals surface area contributed by atoms with Crippen LogP contribution in [0.3, 0.4) is 0 Å². The Morgan fingerprint density at radius 1 is 1.20 bits per heavy atom. The summed E-state index contributed by atoms with van der Waals surface area (Å²) >= 11 is 0. The number of phenolic OH excluding ortho intramolecular Hbond substituents is 1. The summed E-state index contributed by atoms with van der Waals surface area (Å²) in [5, 5.41) is 21.6. The zero-order chi connectivity index (χ0) is 17.9. The molecule has 0 amide bonds. The monoisotopic (exact) mass is 343 g/mol. The maximum absolute atomic E-state index is 11.2. The van der Waals surface area contributed by atoms with E-state index in [0.717, 1.165) is 31.4 Å². The first-order valence-corrected chi connectivity index (χ1v) is 9.97. The lowest BCUT2D eigenvalue weighted by Gasteiger charge is -2.53. The van der Waals surface area contributed by atoms with Crippen molar-refractivity contribution in [3.05, 3.63) is 28.8 Å². The number of aliphatic hydroxyl groups excluding tert-OH is 1. The molecule has 0 spiro atoms. The molecular formula is C22H33NO2. The van der Waals surface area contributed by atoms with Crippen molar-refractivity contribution in [2.45, 2.75) is 58.0 Å². The minimum atomic E-state index is -0.284. The van der Waals surface area contributed by atoms with Crippen LogP contribution in [-0.2, 0) is 6.42 Å². The van der Waals surface area contributed by atoms with Crippen molar-refractivity contribution in [1.29, 1.82) is 0 Å². The number of fused-ring (bicyclic) bond motifs is 5. The molecule has 3 heteroatoms. The number of aliphatic hydroxyl groups is 1. The SMILES string of the molecule is Cc1ccc(O)c2c1C1C(O)CC3(C)C(CN(C)C)CCC3C1CC2. The van der Waals surface area contributed by atoms with Crippen LogP contribution in [0.5, 0.6) is 5.75 Å². The predicted molar refractivity (Wildman–Crippen MR) is 101 cm³/mol. The number of aromatic hydroxyl groups is 1. The molecule has 2 N–H and O–H groups in total. The van der Waals surface area contributed by atoms with Gasteiger partial charge in [0, 0.05) is 12.5 Å². The van der Waals surface area contributed by atoms with Crippen LogP contribution in [0.2, 0.25) is 0 Å². The zero-order valence-electron chi connectivity index (χ0n) is 16.1. The molecule has 2 saturated carbocycles. The average Bonchev–Trinajstić information content (AvgIpc) is 2.86. The van der Waals surface area contributed by atoms with E-state index in [0.29, 0.717) is 23.5 Å². The smallest absolute Gasteiger partial charge is 0.119 e. The first-order valence-electron chi connectivity index (χ1n) is 9.97. The Hall–Kier alpha value is -1.06. The van der Waals surface area contributed by atoms with E-state index in [9.17, 15) is 10.2 Å². The van der Waals surface area contributed by atoms with E-state index in [1.54, 1.807) is 0 Å². The fourth-order valence-electron chi connectivity index (χ4n) is 6.81. The van der Waals surface area contributed by atoms with Crippen molar-refractivity contribution in [2.24, 2.45) is 23.2 Å². The third kappa shape index (κ3) is 2.54. The number of hydrogen-bond donors (Lipinski definition) is 2. The summed E-state index contributed by atoms with van der Waals surface area (Å²) in [6.45, 7) is 5.72. The van der Waals surface area contributed by atoms with Crippen LogP contribution in [-0.4, -0.2) is 41.9 Å². The molecule has 25 heavy (non-hydrogen) atoms. The lowest BCUT2D eigenvalue weighted by molar-refractivity contribution is -0.0582. The predicted octanol–water partition coefficient (Wildman–Crippen LogP) is 3.71. The van der Waals surface area contributed by atoms with Crippen LogP contribution in [0.25, 0.3) is 0 Å². The third-order valence-electron chi connectivity index (χ3n) is 7.84. The minimum absolute atomic E-state index is 0.215. The van der Waals surface area contributed by atoms with Crippen molar-refractivity contribution in [1.82, 2.24) is 4.90 Å². The minimum Gasteiger partial charge on any atom is -0.508 e. The van der Waals surface area contributed by atoms with Crippen molar-refractivity contribution in [2.75, 3.05) is 20.6 Å². The Balaban J connectivity index is 1.72. The number of benzene rings is 1. The summed E-state index contributed by atoms with van der Waals surface area (Å²) in [5.74, 6) is 2.60. The van der Waals surface area contributed by atoms with Gasteiger partial charge >= 0.3 is 0 Å². The lowest BCUT2D eigenvalue weighted by Crippen LogP contribution is -2.50. The Morgan fingerprint density at radius 3 is 2.68 bits per heavy atom. The number of phenols is 1. The Kier molecular flexibility index (Phi) is 4.16. The normalized spacial score (nSPS) is 39.8. The first-order chi connectivity index (χ1) is 11.8. The Morgan fingerprint density at radius 2 is 1.96 bits per heavy atom. The summed E-state index contributed by atoms with van der Waals surface area (Å²) < 4.78 is 0. The van der Waals surface area contributed by atoms with Crippen molar-refractivity contribution in [3.63, 3.8) is 0 Å². The van der Waals surface area contributed by atoms with Gasteiger partial charge in [0.05, 0.1) is 6.10 Å². The molecule has 3 nitrogen and oxygen atoms in total. The fraction of sp³-hybridized carbons (Fsp3) is 0.727. The van der Waals surface area contributed by atoms with Crippen molar-refractivity contribution >= 4 is 0 Å². The molecule has 138 valence electrons. The standard InChI is InChI=1S/C22H33NO2/c1-13-5-10-18(24)16-8-7-15-17-9-6-14(12-23(3)4)22(17,2)11-19(25)21(15)20(13)16/h5,10,14-15,17,19,21,24-25H,6-9,11-12H2,1-4H3. The van der Waals surface area contributed by atoms with Gasteiger partial charge in [0.25, 0.3) is 0 Å². The number of rotatable bonds is 2. The highest BCUT2D eigenvalue weighted by Gasteiger charge is 2.57. The van der Waals surface area contributed by atoms with Gasteiger partial charge in [-0.2, -0.15) is 0 Å². The maximum atomic E-state index is 11.2. The van der Waals surface area contributed by atoms with Crippen LogP contribution in [0.4, 0.5) is 0 Å². The van der Waals surface area contributed by atoms with Crippen LogP contribution >= 0.6 is 0 Å². The third-order valence-corrected chi connectivity index (χ3v) is 7.84. The van der Waals surface area contributed by atoms with Gasteiger partial charge in [0.1, 0.15) is 5.75 Å². The molecule has 1 aromatic carbocycles. The van der Waals surface area contributed by atoms with E-state index in [2.05, 4.69) is 32.8 Å². The van der Waals surface area contributed by atoms with Gasteiger partial charge in [0.2, 0.25) is 0 Å². The highest BCUT2D eigenvalue weighted by Crippen LogP contribution is 2.63. The first kappa shape index (κ1) is 17.4. The molecule has 0 aromatic heterocycles. The summed E-state index contributed by atoms with van der Waals surface area (Å²) in [6.07, 6.45) is 5.29. The molecule has 4 rings (SSSR count). The van der Waals surface area contributed by atoms with E-state index in [1.807, 2.05) is 12.1 Å². The van der Waals surface area contributed by atoms with E-state index in [-0.39, 0.29) is 17.4 Å². The number of hydrogen-bond acceptors (Lipinski definition) is 3. The average molecular weight is 344 g/mol. The molecule has 0 bridgehead atoms. The van der Waals surface area contributed by atoms with E-state index >= 15 is 0 Å². The largest absolute Gasteiger partial charge is 0.508 e.